The second-order valence-corrected chi connectivity index (χ2v) is 8.89. The largest absolute Gasteiger partial charge is 0.505 e. The van der Waals surface area contributed by atoms with Gasteiger partial charge in [-0.05, 0) is 60.2 Å². The SMILES string of the molecule is CC(C)CCOc1ccc(NC(=O)c2cc3ccccc3c(NNc3ncccc3C(N)=O)c2O)cc1. The number of ether oxygens (including phenoxy) is 1. The highest BCUT2D eigenvalue weighted by Gasteiger charge is 2.19. The highest BCUT2D eigenvalue weighted by molar-refractivity contribution is 6.12. The number of amides is 2. The maximum Gasteiger partial charge on any atom is 0.259 e. The number of anilines is 3. The Morgan fingerprint density at radius 1 is 1.00 bits per heavy atom. The number of nitrogens with zero attached hydrogens (tertiary/aromatic N) is 1. The molecule has 0 radical (unpaired) electrons. The summed E-state index contributed by atoms with van der Waals surface area (Å²) < 4.78 is 5.73. The number of benzene rings is 3. The molecule has 2 amide bonds. The first-order valence-electron chi connectivity index (χ1n) is 11.9. The first-order chi connectivity index (χ1) is 17.8. The average molecular weight is 500 g/mol. The molecule has 4 rings (SSSR count). The predicted octanol–water partition coefficient (Wildman–Crippen LogP) is 5.16. The van der Waals surface area contributed by atoms with Crippen LogP contribution in [0.2, 0.25) is 0 Å². The standard InChI is InChI=1S/C28H29N5O4/c1-17(2)13-15-37-20-11-9-19(10-12-20)31-28(36)23-16-18-6-3-4-7-21(18)24(25(23)34)32-33-27-22(26(29)35)8-5-14-30-27/h3-12,14,16-17,32,34H,13,15H2,1-2H3,(H2,29,35)(H,30,33)(H,31,36). The number of carbonyl (C=O) groups excluding carboxylic acids is 2. The van der Waals surface area contributed by atoms with Crippen LogP contribution in [0.5, 0.6) is 11.5 Å². The van der Waals surface area contributed by atoms with Crippen molar-refractivity contribution >= 4 is 39.8 Å². The molecule has 6 N–H and O–H groups in total. The Hall–Kier alpha value is -4.79. The highest BCUT2D eigenvalue weighted by Crippen LogP contribution is 2.36. The summed E-state index contributed by atoms with van der Waals surface area (Å²) in [6.45, 7) is 4.90. The van der Waals surface area contributed by atoms with Crippen LogP contribution in [0, 0.1) is 5.92 Å². The Bertz CT molecular complexity index is 1420. The van der Waals surface area contributed by atoms with Gasteiger partial charge in [-0.25, -0.2) is 4.98 Å². The van der Waals surface area contributed by atoms with Crippen molar-refractivity contribution in [2.45, 2.75) is 20.3 Å². The van der Waals surface area contributed by atoms with Gasteiger partial charge in [0, 0.05) is 17.3 Å². The van der Waals surface area contributed by atoms with Crippen molar-refractivity contribution in [1.29, 1.82) is 0 Å². The van der Waals surface area contributed by atoms with E-state index in [9.17, 15) is 14.7 Å². The number of rotatable bonds is 10. The summed E-state index contributed by atoms with van der Waals surface area (Å²) in [5.74, 6) is 0.0378. The maximum absolute atomic E-state index is 13.2. The molecule has 1 aromatic heterocycles. The summed E-state index contributed by atoms with van der Waals surface area (Å²) in [5, 5.41) is 15.3. The van der Waals surface area contributed by atoms with E-state index in [2.05, 4.69) is 35.0 Å². The number of hydrogen-bond acceptors (Lipinski definition) is 7. The van der Waals surface area contributed by atoms with Gasteiger partial charge in [-0.1, -0.05) is 38.1 Å². The number of carbonyl (C=O) groups is 2. The lowest BCUT2D eigenvalue weighted by molar-refractivity contribution is 0.0997. The van der Waals surface area contributed by atoms with Gasteiger partial charge in [0.15, 0.2) is 11.6 Å². The minimum absolute atomic E-state index is 0.0661. The first kappa shape index (κ1) is 25.3. The van der Waals surface area contributed by atoms with E-state index in [1.54, 1.807) is 42.5 Å². The lowest BCUT2D eigenvalue weighted by atomic mass is 10.0. The molecular formula is C28H29N5O4. The minimum Gasteiger partial charge on any atom is -0.505 e. The Morgan fingerprint density at radius 3 is 2.49 bits per heavy atom. The lowest BCUT2D eigenvalue weighted by Gasteiger charge is -2.17. The van der Waals surface area contributed by atoms with Crippen LogP contribution in [0.4, 0.5) is 17.2 Å². The van der Waals surface area contributed by atoms with Crippen LogP contribution in [0.15, 0.2) is 72.9 Å². The van der Waals surface area contributed by atoms with Crippen LogP contribution in [0.25, 0.3) is 10.8 Å². The number of hydrogen-bond donors (Lipinski definition) is 5. The van der Waals surface area contributed by atoms with Gasteiger partial charge in [0.1, 0.15) is 11.4 Å². The number of phenolic OH excluding ortho intramolecular Hbond substituents is 1. The monoisotopic (exact) mass is 499 g/mol. The molecule has 0 aliphatic heterocycles. The molecule has 0 aliphatic rings. The molecule has 0 aliphatic carbocycles. The molecule has 9 nitrogen and oxygen atoms in total. The quantitative estimate of drug-likeness (QED) is 0.150. The van der Waals surface area contributed by atoms with E-state index in [1.165, 1.54) is 12.3 Å². The number of nitrogens with two attached hydrogens (primary N) is 1. The summed E-state index contributed by atoms with van der Waals surface area (Å²) in [4.78, 5) is 29.0. The molecule has 190 valence electrons. The van der Waals surface area contributed by atoms with Crippen LogP contribution in [-0.2, 0) is 0 Å². The summed E-state index contributed by atoms with van der Waals surface area (Å²) >= 11 is 0. The second-order valence-electron chi connectivity index (χ2n) is 8.89. The molecule has 0 spiro atoms. The topological polar surface area (TPSA) is 139 Å². The van der Waals surface area contributed by atoms with Gasteiger partial charge in [0.05, 0.1) is 17.7 Å². The fourth-order valence-corrected chi connectivity index (χ4v) is 3.71. The molecule has 0 fully saturated rings. The molecule has 9 heteroatoms. The first-order valence-corrected chi connectivity index (χ1v) is 11.9. The Kier molecular flexibility index (Phi) is 7.73. The van der Waals surface area contributed by atoms with E-state index in [0.29, 0.717) is 23.6 Å². The predicted molar refractivity (Wildman–Crippen MR) is 145 cm³/mol. The van der Waals surface area contributed by atoms with E-state index in [4.69, 9.17) is 10.5 Å². The molecule has 0 unspecified atom stereocenters. The molecule has 3 aromatic carbocycles. The van der Waals surface area contributed by atoms with Gasteiger partial charge in [0.2, 0.25) is 0 Å². The van der Waals surface area contributed by atoms with Gasteiger partial charge in [-0.15, -0.1) is 0 Å². The Morgan fingerprint density at radius 2 is 1.76 bits per heavy atom. The number of primary amides is 1. The van der Waals surface area contributed by atoms with Crippen LogP contribution >= 0.6 is 0 Å². The average Bonchev–Trinajstić information content (AvgIpc) is 2.88. The second kappa shape index (κ2) is 11.3. The smallest absolute Gasteiger partial charge is 0.259 e. The number of aromatic hydroxyl groups is 1. The van der Waals surface area contributed by atoms with Gasteiger partial charge < -0.3 is 20.9 Å². The third-order valence-corrected chi connectivity index (χ3v) is 5.72. The van der Waals surface area contributed by atoms with Crippen molar-refractivity contribution in [3.63, 3.8) is 0 Å². The van der Waals surface area contributed by atoms with Crippen LogP contribution in [-0.4, -0.2) is 28.5 Å². The third-order valence-electron chi connectivity index (χ3n) is 5.72. The fraction of sp³-hybridized carbons (Fsp3) is 0.179. The zero-order valence-electron chi connectivity index (χ0n) is 20.6. The number of pyridine rings is 1. The lowest BCUT2D eigenvalue weighted by Crippen LogP contribution is -2.19. The molecule has 1 heterocycles. The molecule has 4 aromatic rings. The fourth-order valence-electron chi connectivity index (χ4n) is 3.71. The van der Waals surface area contributed by atoms with Gasteiger partial charge in [0.25, 0.3) is 11.8 Å². The van der Waals surface area contributed by atoms with E-state index in [1.807, 2.05) is 18.2 Å². The van der Waals surface area contributed by atoms with Crippen molar-refractivity contribution in [1.82, 2.24) is 4.98 Å². The van der Waals surface area contributed by atoms with Gasteiger partial charge >= 0.3 is 0 Å². The van der Waals surface area contributed by atoms with Gasteiger partial charge in [-0.2, -0.15) is 0 Å². The summed E-state index contributed by atoms with van der Waals surface area (Å²) in [6, 6.07) is 19.1. The zero-order chi connectivity index (χ0) is 26.4. The maximum atomic E-state index is 13.2. The van der Waals surface area contributed by atoms with Gasteiger partial charge in [-0.3, -0.25) is 20.4 Å². The van der Waals surface area contributed by atoms with Crippen LogP contribution in [0.1, 0.15) is 41.0 Å². The number of fused-ring (bicyclic) bond motifs is 1. The van der Waals surface area contributed by atoms with E-state index in [-0.39, 0.29) is 28.4 Å². The van der Waals surface area contributed by atoms with Crippen molar-refractivity contribution in [2.24, 2.45) is 11.7 Å². The third kappa shape index (κ3) is 6.07. The van der Waals surface area contributed by atoms with Crippen molar-refractivity contribution in [2.75, 3.05) is 22.8 Å². The minimum atomic E-state index is -0.657. The molecule has 0 saturated carbocycles. The number of aromatic nitrogens is 1. The van der Waals surface area contributed by atoms with Crippen molar-refractivity contribution < 1.29 is 19.4 Å². The summed E-state index contributed by atoms with van der Waals surface area (Å²) in [5.41, 5.74) is 12.2. The number of phenols is 1. The highest BCUT2D eigenvalue weighted by atomic mass is 16.5. The summed E-state index contributed by atoms with van der Waals surface area (Å²) in [7, 11) is 0. The zero-order valence-corrected chi connectivity index (χ0v) is 20.6. The molecule has 0 atom stereocenters. The number of hydrazine groups is 1. The molecular weight excluding hydrogens is 470 g/mol. The molecule has 0 saturated heterocycles. The summed E-state index contributed by atoms with van der Waals surface area (Å²) in [6.07, 6.45) is 2.45. The van der Waals surface area contributed by atoms with Crippen molar-refractivity contribution in [3.8, 4) is 11.5 Å². The normalized spacial score (nSPS) is 10.8. The number of nitrogens with one attached hydrogen (secondary N) is 3. The van der Waals surface area contributed by atoms with Crippen LogP contribution < -0.4 is 26.6 Å². The Balaban J connectivity index is 1.57. The van der Waals surface area contributed by atoms with Crippen LogP contribution in [0.3, 0.4) is 0 Å². The molecule has 37 heavy (non-hydrogen) atoms. The van der Waals surface area contributed by atoms with Crippen molar-refractivity contribution in [3.05, 3.63) is 84.1 Å². The molecule has 0 bridgehead atoms. The van der Waals surface area contributed by atoms with E-state index in [0.717, 1.165) is 17.6 Å². The van der Waals surface area contributed by atoms with E-state index < -0.39 is 11.8 Å². The van der Waals surface area contributed by atoms with E-state index >= 15 is 0 Å². The Labute approximate surface area is 214 Å².